The molecule has 0 saturated carbocycles. The fourth-order valence-corrected chi connectivity index (χ4v) is 3.73. The maximum absolute atomic E-state index is 12.8. The minimum Gasteiger partial charge on any atom is -0.447 e. The number of ether oxygens (including phenoxy) is 1. The summed E-state index contributed by atoms with van der Waals surface area (Å²) in [5.74, 6) is 0.384. The highest BCUT2D eigenvalue weighted by molar-refractivity contribution is 7.13. The molecule has 0 aliphatic carbocycles. The van der Waals surface area contributed by atoms with Crippen LogP contribution in [-0.4, -0.2) is 30.9 Å². The van der Waals surface area contributed by atoms with Gasteiger partial charge in [-0.3, -0.25) is 0 Å². The smallest absolute Gasteiger partial charge is 0.379 e. The largest absolute Gasteiger partial charge is 0.447 e. The molecule has 9 heteroatoms. The van der Waals surface area contributed by atoms with Crippen LogP contribution in [0.25, 0.3) is 27.8 Å². The molecule has 0 spiro atoms. The van der Waals surface area contributed by atoms with E-state index in [1.165, 1.54) is 11.3 Å². The lowest BCUT2D eigenvalue weighted by molar-refractivity contribution is 0.0265. The number of aromatic nitrogens is 5. The Morgan fingerprint density at radius 2 is 1.75 bits per heavy atom. The number of benzene rings is 2. The van der Waals surface area contributed by atoms with Gasteiger partial charge in [-0.2, -0.15) is 0 Å². The number of rotatable bonds is 6. The summed E-state index contributed by atoms with van der Waals surface area (Å²) in [5, 5.41) is 14.4. The molecule has 0 N–H and O–H groups in total. The lowest BCUT2D eigenvalue weighted by atomic mass is 10.2. The Labute approximate surface area is 187 Å². The monoisotopic (exact) mass is 443 g/mol. The van der Waals surface area contributed by atoms with E-state index in [1.54, 1.807) is 11.6 Å². The Hall–Kier alpha value is -4.11. The molecule has 1 unspecified atom stereocenters. The van der Waals surface area contributed by atoms with E-state index in [9.17, 15) is 4.79 Å². The highest BCUT2D eigenvalue weighted by Crippen LogP contribution is 2.27. The fraction of sp³-hybridized carbons (Fsp3) is 0.0870. The standard InChI is InChI=1S/C23H17N5O3S/c1-15(21-25-26-22(31-21)18-13-8-14-32-18)30-23(29)19-24-20(16-9-4-2-5-10-16)28(27-19)17-11-6-3-7-12-17/h2-15H,1H3. The molecule has 0 fully saturated rings. The average molecular weight is 443 g/mol. The average Bonchev–Trinajstić information content (AvgIpc) is 3.60. The molecule has 32 heavy (non-hydrogen) atoms. The van der Waals surface area contributed by atoms with E-state index < -0.39 is 12.1 Å². The Balaban J connectivity index is 1.42. The van der Waals surface area contributed by atoms with Gasteiger partial charge in [-0.25, -0.2) is 14.5 Å². The highest BCUT2D eigenvalue weighted by atomic mass is 32.1. The SMILES string of the molecule is CC(OC(=O)c1nc(-c2ccccc2)n(-c2ccccc2)n1)c1nnc(-c2cccs2)o1. The number of carbonyl (C=O) groups excluding carboxylic acids is 1. The van der Waals surface area contributed by atoms with Crippen molar-refractivity contribution >= 4 is 17.3 Å². The second-order valence-electron chi connectivity index (χ2n) is 6.84. The maximum atomic E-state index is 12.8. The van der Waals surface area contributed by atoms with Crippen molar-refractivity contribution in [2.24, 2.45) is 0 Å². The highest BCUT2D eigenvalue weighted by Gasteiger charge is 2.25. The van der Waals surface area contributed by atoms with Crippen molar-refractivity contribution < 1.29 is 13.9 Å². The van der Waals surface area contributed by atoms with Gasteiger partial charge in [0.2, 0.25) is 0 Å². The zero-order chi connectivity index (χ0) is 21.9. The van der Waals surface area contributed by atoms with E-state index in [2.05, 4.69) is 20.3 Å². The molecule has 0 amide bonds. The van der Waals surface area contributed by atoms with Gasteiger partial charge in [-0.15, -0.1) is 26.6 Å². The lowest BCUT2D eigenvalue weighted by Gasteiger charge is -2.07. The Morgan fingerprint density at radius 3 is 2.47 bits per heavy atom. The molecule has 3 heterocycles. The van der Waals surface area contributed by atoms with Crippen LogP contribution < -0.4 is 0 Å². The van der Waals surface area contributed by atoms with Crippen LogP contribution in [0.15, 0.2) is 82.6 Å². The molecule has 3 aromatic heterocycles. The summed E-state index contributed by atoms with van der Waals surface area (Å²) in [6, 6.07) is 22.8. The summed E-state index contributed by atoms with van der Waals surface area (Å²) in [5.41, 5.74) is 1.61. The van der Waals surface area contributed by atoms with E-state index in [1.807, 2.05) is 78.2 Å². The molecule has 0 aliphatic heterocycles. The van der Waals surface area contributed by atoms with Crippen LogP contribution in [0.3, 0.4) is 0 Å². The first-order valence-corrected chi connectivity index (χ1v) is 10.7. The second-order valence-corrected chi connectivity index (χ2v) is 7.79. The molecule has 5 rings (SSSR count). The summed E-state index contributed by atoms with van der Waals surface area (Å²) >= 11 is 1.49. The van der Waals surface area contributed by atoms with Gasteiger partial charge < -0.3 is 9.15 Å². The summed E-state index contributed by atoms with van der Waals surface area (Å²) in [6.07, 6.45) is -0.757. The lowest BCUT2D eigenvalue weighted by Crippen LogP contribution is -2.11. The molecule has 5 aromatic rings. The van der Waals surface area contributed by atoms with Gasteiger partial charge >= 0.3 is 5.97 Å². The van der Waals surface area contributed by atoms with Crippen LogP contribution in [0.2, 0.25) is 0 Å². The van der Waals surface area contributed by atoms with Gasteiger partial charge in [0.15, 0.2) is 11.9 Å². The molecule has 0 aliphatic rings. The number of hydrogen-bond acceptors (Lipinski definition) is 8. The quantitative estimate of drug-likeness (QED) is 0.342. The number of para-hydroxylation sites is 1. The zero-order valence-corrected chi connectivity index (χ0v) is 17.8. The van der Waals surface area contributed by atoms with Crippen LogP contribution in [0, 0.1) is 0 Å². The number of nitrogens with zero attached hydrogens (tertiary/aromatic N) is 5. The Morgan fingerprint density at radius 1 is 1.00 bits per heavy atom. The number of hydrogen-bond donors (Lipinski definition) is 0. The minimum atomic E-state index is -0.757. The van der Waals surface area contributed by atoms with Crippen LogP contribution >= 0.6 is 11.3 Å². The topological polar surface area (TPSA) is 95.9 Å². The van der Waals surface area contributed by atoms with Crippen molar-refractivity contribution in [2.45, 2.75) is 13.0 Å². The molecule has 1 atom stereocenters. The first-order chi connectivity index (χ1) is 15.7. The van der Waals surface area contributed by atoms with Crippen molar-refractivity contribution in [3.05, 3.63) is 89.9 Å². The third kappa shape index (κ3) is 3.93. The van der Waals surface area contributed by atoms with Crippen LogP contribution in [-0.2, 0) is 4.74 Å². The Kier molecular flexibility index (Phi) is 5.30. The first kappa shape index (κ1) is 19.8. The van der Waals surface area contributed by atoms with E-state index in [4.69, 9.17) is 9.15 Å². The van der Waals surface area contributed by atoms with Crippen molar-refractivity contribution in [1.29, 1.82) is 0 Å². The first-order valence-electron chi connectivity index (χ1n) is 9.85. The molecule has 158 valence electrons. The van der Waals surface area contributed by atoms with E-state index in [0.29, 0.717) is 11.7 Å². The molecule has 2 aromatic carbocycles. The molecule has 0 bridgehead atoms. The minimum absolute atomic E-state index is 0.0578. The predicted molar refractivity (Wildman–Crippen MR) is 118 cm³/mol. The molecular formula is C23H17N5O3S. The van der Waals surface area contributed by atoms with Crippen molar-refractivity contribution in [1.82, 2.24) is 25.0 Å². The third-order valence-electron chi connectivity index (χ3n) is 4.63. The van der Waals surface area contributed by atoms with Gasteiger partial charge in [0.1, 0.15) is 0 Å². The van der Waals surface area contributed by atoms with E-state index >= 15 is 0 Å². The second kappa shape index (κ2) is 8.56. The molecule has 0 saturated heterocycles. The number of esters is 1. The predicted octanol–water partition coefficient (Wildman–Crippen LogP) is 4.96. The van der Waals surface area contributed by atoms with Gasteiger partial charge in [0.25, 0.3) is 17.6 Å². The van der Waals surface area contributed by atoms with Gasteiger partial charge in [0, 0.05) is 5.56 Å². The number of thiophene rings is 1. The van der Waals surface area contributed by atoms with Crippen molar-refractivity contribution in [3.8, 4) is 27.8 Å². The van der Waals surface area contributed by atoms with Crippen molar-refractivity contribution in [2.75, 3.05) is 0 Å². The summed E-state index contributed by atoms with van der Waals surface area (Å²) in [4.78, 5) is 18.2. The maximum Gasteiger partial charge on any atom is 0.379 e. The third-order valence-corrected chi connectivity index (χ3v) is 5.48. The molecular weight excluding hydrogens is 426 g/mol. The summed E-state index contributed by atoms with van der Waals surface area (Å²) in [6.45, 7) is 1.66. The molecule has 8 nitrogen and oxygen atoms in total. The summed E-state index contributed by atoms with van der Waals surface area (Å²) in [7, 11) is 0. The van der Waals surface area contributed by atoms with Gasteiger partial charge in [-0.05, 0) is 30.5 Å². The van der Waals surface area contributed by atoms with Gasteiger partial charge in [-0.1, -0.05) is 54.6 Å². The van der Waals surface area contributed by atoms with Crippen LogP contribution in [0.5, 0.6) is 0 Å². The Bertz CT molecular complexity index is 1270. The zero-order valence-electron chi connectivity index (χ0n) is 17.0. The van der Waals surface area contributed by atoms with Crippen molar-refractivity contribution in [3.63, 3.8) is 0 Å². The summed E-state index contributed by atoms with van der Waals surface area (Å²) < 4.78 is 12.8. The van der Waals surface area contributed by atoms with E-state index in [-0.39, 0.29) is 11.7 Å². The number of carbonyl (C=O) groups is 1. The van der Waals surface area contributed by atoms with Gasteiger partial charge in [0.05, 0.1) is 10.6 Å². The molecule has 0 radical (unpaired) electrons. The van der Waals surface area contributed by atoms with Crippen LogP contribution in [0.4, 0.5) is 0 Å². The van der Waals surface area contributed by atoms with E-state index in [0.717, 1.165) is 16.1 Å². The fourth-order valence-electron chi connectivity index (χ4n) is 3.08. The normalized spacial score (nSPS) is 11.9. The van der Waals surface area contributed by atoms with Crippen LogP contribution in [0.1, 0.15) is 29.5 Å².